The van der Waals surface area contributed by atoms with Crippen molar-refractivity contribution in [1.29, 1.82) is 0 Å². The molecule has 2 fully saturated rings. The number of piperidine rings is 1. The highest BCUT2D eigenvalue weighted by Crippen LogP contribution is 2.40. The Balaban J connectivity index is 1.51. The first-order valence-corrected chi connectivity index (χ1v) is 13.1. The van der Waals surface area contributed by atoms with Crippen LogP contribution in [0, 0.1) is 6.92 Å². The number of hydrogen-bond donors (Lipinski definition) is 1. The Bertz CT molecular complexity index is 1440. The van der Waals surface area contributed by atoms with E-state index < -0.39 is 0 Å². The molecule has 1 aromatic carbocycles. The predicted octanol–water partition coefficient (Wildman–Crippen LogP) is 3.61. The van der Waals surface area contributed by atoms with Crippen molar-refractivity contribution in [2.45, 2.75) is 44.7 Å². The van der Waals surface area contributed by atoms with Crippen molar-refractivity contribution in [2.24, 2.45) is 0 Å². The highest BCUT2D eigenvalue weighted by Gasteiger charge is 2.31. The number of hydrogen-bond acceptors (Lipinski definition) is 7. The lowest BCUT2D eigenvalue weighted by atomic mass is 10.0. The Kier molecular flexibility index (Phi) is 5.95. The Hall–Kier alpha value is -3.72. The summed E-state index contributed by atoms with van der Waals surface area (Å²) in [6.45, 7) is 8.52. The maximum atomic E-state index is 14.3. The number of anilines is 4. The molecule has 1 aliphatic carbocycles. The Morgan fingerprint density at radius 3 is 2.62 bits per heavy atom. The quantitative estimate of drug-likeness (QED) is 0.537. The van der Waals surface area contributed by atoms with E-state index in [0.29, 0.717) is 36.4 Å². The number of amides is 1. The molecule has 0 bridgehead atoms. The summed E-state index contributed by atoms with van der Waals surface area (Å²) in [4.78, 5) is 42.5. The smallest absolute Gasteiger partial charge is 0.276 e. The molecule has 3 aliphatic rings. The minimum Gasteiger partial charge on any atom is -0.351 e. The SMILES string of the molecule is C=CC(=O)N1CCN(c2cc3cnc(NC4CC4)nc3n(C3CCN(C)CC3)c2=O)c2cccc(C)c21. The predicted molar refractivity (Wildman–Crippen MR) is 147 cm³/mol. The second-order valence-electron chi connectivity index (χ2n) is 10.4. The number of carbonyl (C=O) groups excluding carboxylic acids is 1. The number of rotatable bonds is 5. The summed E-state index contributed by atoms with van der Waals surface area (Å²) in [5.74, 6) is 0.447. The molecule has 1 saturated heterocycles. The maximum absolute atomic E-state index is 14.3. The van der Waals surface area contributed by atoms with Gasteiger partial charge in [-0.15, -0.1) is 0 Å². The molecule has 0 unspecified atom stereocenters. The second-order valence-corrected chi connectivity index (χ2v) is 10.4. The van der Waals surface area contributed by atoms with E-state index in [-0.39, 0.29) is 17.5 Å². The van der Waals surface area contributed by atoms with E-state index >= 15 is 0 Å². The van der Waals surface area contributed by atoms with Crippen LogP contribution in [0.25, 0.3) is 11.0 Å². The molecule has 0 radical (unpaired) electrons. The van der Waals surface area contributed by atoms with E-state index in [1.165, 1.54) is 6.08 Å². The summed E-state index contributed by atoms with van der Waals surface area (Å²) in [6.07, 6.45) is 7.21. The summed E-state index contributed by atoms with van der Waals surface area (Å²) in [5.41, 5.74) is 3.88. The first-order valence-electron chi connectivity index (χ1n) is 13.1. The van der Waals surface area contributed by atoms with Crippen LogP contribution in [-0.4, -0.2) is 64.6 Å². The summed E-state index contributed by atoms with van der Waals surface area (Å²) in [5, 5.41) is 4.22. The number of para-hydroxylation sites is 1. The molecule has 9 nitrogen and oxygen atoms in total. The number of carbonyl (C=O) groups is 1. The molecule has 3 aromatic rings. The van der Waals surface area contributed by atoms with Crippen LogP contribution in [0.2, 0.25) is 0 Å². The van der Waals surface area contributed by atoms with Crippen LogP contribution in [0.1, 0.15) is 37.3 Å². The Morgan fingerprint density at radius 1 is 1.11 bits per heavy atom. The molecule has 9 heteroatoms. The molecule has 0 spiro atoms. The molecular formula is C28H33N7O2. The van der Waals surface area contributed by atoms with Crippen LogP contribution < -0.4 is 20.7 Å². The van der Waals surface area contributed by atoms with Crippen LogP contribution in [0.5, 0.6) is 0 Å². The highest BCUT2D eigenvalue weighted by molar-refractivity contribution is 6.05. The highest BCUT2D eigenvalue weighted by atomic mass is 16.2. The maximum Gasteiger partial charge on any atom is 0.276 e. The van der Waals surface area contributed by atoms with Gasteiger partial charge in [0, 0.05) is 36.8 Å². The molecule has 0 atom stereocenters. The number of fused-ring (bicyclic) bond motifs is 2. The number of benzene rings is 1. The van der Waals surface area contributed by atoms with Crippen molar-refractivity contribution in [3.05, 3.63) is 59.0 Å². The Morgan fingerprint density at radius 2 is 1.89 bits per heavy atom. The molecule has 1 saturated carbocycles. The van der Waals surface area contributed by atoms with Crippen LogP contribution in [0.3, 0.4) is 0 Å². The molecule has 2 aromatic heterocycles. The molecule has 192 valence electrons. The Labute approximate surface area is 216 Å². The first kappa shape index (κ1) is 23.7. The summed E-state index contributed by atoms with van der Waals surface area (Å²) in [6, 6.07) is 8.35. The largest absolute Gasteiger partial charge is 0.351 e. The van der Waals surface area contributed by atoms with Crippen LogP contribution >= 0.6 is 0 Å². The number of pyridine rings is 1. The van der Waals surface area contributed by atoms with Gasteiger partial charge in [-0.25, -0.2) is 4.98 Å². The van der Waals surface area contributed by atoms with Crippen molar-refractivity contribution in [3.8, 4) is 0 Å². The lowest BCUT2D eigenvalue weighted by molar-refractivity contribution is -0.114. The third-order valence-electron chi connectivity index (χ3n) is 7.77. The number of nitrogens with one attached hydrogen (secondary N) is 1. The van der Waals surface area contributed by atoms with Crippen LogP contribution in [-0.2, 0) is 4.79 Å². The van der Waals surface area contributed by atoms with E-state index in [0.717, 1.165) is 61.1 Å². The van der Waals surface area contributed by atoms with Crippen molar-refractivity contribution >= 4 is 40.0 Å². The first-order chi connectivity index (χ1) is 17.9. The fraction of sp³-hybridized carbons (Fsp3) is 0.429. The molecule has 2 aliphatic heterocycles. The second kappa shape index (κ2) is 9.30. The van der Waals surface area contributed by atoms with Gasteiger partial charge < -0.3 is 20.0 Å². The third-order valence-corrected chi connectivity index (χ3v) is 7.77. The number of aryl methyl sites for hydroxylation is 1. The van der Waals surface area contributed by atoms with Crippen molar-refractivity contribution in [1.82, 2.24) is 19.4 Å². The summed E-state index contributed by atoms with van der Waals surface area (Å²) in [7, 11) is 2.12. The van der Waals surface area contributed by atoms with Crippen molar-refractivity contribution < 1.29 is 4.79 Å². The lowest BCUT2D eigenvalue weighted by Crippen LogP contribution is -2.44. The molecule has 4 heterocycles. The van der Waals surface area contributed by atoms with E-state index in [1.54, 1.807) is 4.90 Å². The normalized spacial score (nSPS) is 18.6. The monoisotopic (exact) mass is 499 g/mol. The van der Waals surface area contributed by atoms with Gasteiger partial charge >= 0.3 is 0 Å². The summed E-state index contributed by atoms with van der Waals surface area (Å²) >= 11 is 0. The zero-order valence-electron chi connectivity index (χ0n) is 21.5. The van der Waals surface area contributed by atoms with Gasteiger partial charge in [0.05, 0.1) is 11.4 Å². The van der Waals surface area contributed by atoms with Gasteiger partial charge in [-0.1, -0.05) is 18.7 Å². The van der Waals surface area contributed by atoms with Gasteiger partial charge in [-0.05, 0) is 76.5 Å². The summed E-state index contributed by atoms with van der Waals surface area (Å²) < 4.78 is 1.91. The molecular weight excluding hydrogens is 466 g/mol. The third kappa shape index (κ3) is 4.27. The van der Waals surface area contributed by atoms with Gasteiger partial charge in [0.1, 0.15) is 11.3 Å². The fourth-order valence-corrected chi connectivity index (χ4v) is 5.60. The average molecular weight is 500 g/mol. The number of likely N-dealkylation sites (tertiary alicyclic amines) is 1. The van der Waals surface area contributed by atoms with E-state index in [4.69, 9.17) is 4.98 Å². The van der Waals surface area contributed by atoms with Crippen molar-refractivity contribution in [2.75, 3.05) is 48.3 Å². The average Bonchev–Trinajstić information content (AvgIpc) is 3.72. The molecule has 37 heavy (non-hydrogen) atoms. The number of aromatic nitrogens is 3. The minimum atomic E-state index is -0.137. The van der Waals surface area contributed by atoms with Gasteiger partial charge in [0.25, 0.3) is 11.5 Å². The van der Waals surface area contributed by atoms with Crippen LogP contribution in [0.4, 0.5) is 23.0 Å². The molecule has 1 N–H and O–H groups in total. The number of nitrogens with zero attached hydrogens (tertiary/aromatic N) is 6. The molecule has 1 amide bonds. The zero-order chi connectivity index (χ0) is 25.7. The van der Waals surface area contributed by atoms with Crippen molar-refractivity contribution in [3.63, 3.8) is 0 Å². The standard InChI is InChI=1S/C28H33N7O2/c1-4-24(36)34-15-14-33(22-7-5-6-18(2)25(22)34)23-16-19-17-29-28(30-20-8-9-20)31-26(19)35(27(23)37)21-10-12-32(3)13-11-21/h4-7,16-17,20-21H,1,8-15H2,2-3H3,(H,29,30,31). The van der Waals surface area contributed by atoms with E-state index in [9.17, 15) is 9.59 Å². The van der Waals surface area contributed by atoms with Gasteiger partial charge in [0.2, 0.25) is 5.95 Å². The topological polar surface area (TPSA) is 86.6 Å². The van der Waals surface area contributed by atoms with Gasteiger partial charge in [-0.2, -0.15) is 4.98 Å². The zero-order valence-corrected chi connectivity index (χ0v) is 21.5. The van der Waals surface area contributed by atoms with Gasteiger partial charge in [0.15, 0.2) is 0 Å². The molecule has 6 rings (SSSR count). The van der Waals surface area contributed by atoms with E-state index in [2.05, 4.69) is 33.7 Å². The lowest BCUT2D eigenvalue weighted by Gasteiger charge is -2.38. The minimum absolute atomic E-state index is 0.0471. The van der Waals surface area contributed by atoms with E-state index in [1.807, 2.05) is 42.0 Å². The van der Waals surface area contributed by atoms with Gasteiger partial charge in [-0.3, -0.25) is 14.2 Å². The fourth-order valence-electron chi connectivity index (χ4n) is 5.60. The van der Waals surface area contributed by atoms with Crippen LogP contribution in [0.15, 0.2) is 47.9 Å².